The largest absolute Gasteiger partial charge is 0.279 e. The van der Waals surface area contributed by atoms with Gasteiger partial charge in [-0.1, -0.05) is 38.1 Å². The molecular formula is C16H18INO2S. The van der Waals surface area contributed by atoms with Crippen LogP contribution in [-0.2, 0) is 16.4 Å². The Morgan fingerprint density at radius 1 is 1.05 bits per heavy atom. The molecule has 1 N–H and O–H groups in total. The second-order valence-electron chi connectivity index (χ2n) is 5.33. The molecule has 0 radical (unpaired) electrons. The van der Waals surface area contributed by atoms with Crippen molar-refractivity contribution in [3.8, 4) is 0 Å². The maximum absolute atomic E-state index is 12.4. The minimum atomic E-state index is -3.54. The molecule has 3 nitrogen and oxygen atoms in total. The number of benzene rings is 2. The quantitative estimate of drug-likeness (QED) is 0.741. The number of halogens is 1. The third-order valence-electron chi connectivity index (χ3n) is 3.00. The highest BCUT2D eigenvalue weighted by molar-refractivity contribution is 14.1. The molecule has 0 saturated heterocycles. The van der Waals surface area contributed by atoms with Crippen molar-refractivity contribution in [2.75, 3.05) is 4.72 Å². The van der Waals surface area contributed by atoms with Crippen molar-refractivity contribution in [2.24, 2.45) is 5.92 Å². The van der Waals surface area contributed by atoms with E-state index in [0.29, 0.717) is 11.6 Å². The Bertz CT molecular complexity index is 709. The summed E-state index contributed by atoms with van der Waals surface area (Å²) in [6.45, 7) is 4.28. The topological polar surface area (TPSA) is 46.2 Å². The fraction of sp³-hybridized carbons (Fsp3) is 0.250. The lowest BCUT2D eigenvalue weighted by atomic mass is 10.0. The maximum atomic E-state index is 12.4. The Morgan fingerprint density at radius 3 is 2.24 bits per heavy atom. The number of para-hydroxylation sites is 1. The van der Waals surface area contributed by atoms with Crippen molar-refractivity contribution < 1.29 is 8.42 Å². The molecule has 0 spiro atoms. The van der Waals surface area contributed by atoms with Gasteiger partial charge in [0.25, 0.3) is 10.0 Å². The molecule has 21 heavy (non-hydrogen) atoms. The Hall–Kier alpha value is -1.08. The number of anilines is 1. The summed E-state index contributed by atoms with van der Waals surface area (Å²) in [5.74, 6) is 0.552. The normalized spacial score (nSPS) is 11.6. The lowest BCUT2D eigenvalue weighted by molar-refractivity contribution is 0.601. The van der Waals surface area contributed by atoms with E-state index in [0.717, 1.165) is 15.6 Å². The molecule has 0 heterocycles. The van der Waals surface area contributed by atoms with Gasteiger partial charge < -0.3 is 0 Å². The van der Waals surface area contributed by atoms with Crippen LogP contribution in [0.15, 0.2) is 53.4 Å². The predicted octanol–water partition coefficient (Wildman–Crippen LogP) is 4.29. The molecule has 0 bridgehead atoms. The van der Waals surface area contributed by atoms with Crippen molar-refractivity contribution in [1.82, 2.24) is 0 Å². The van der Waals surface area contributed by atoms with Gasteiger partial charge in [-0.15, -0.1) is 0 Å². The highest BCUT2D eigenvalue weighted by Crippen LogP contribution is 2.22. The third-order valence-corrected chi connectivity index (χ3v) is 5.32. The van der Waals surface area contributed by atoms with Gasteiger partial charge in [0.2, 0.25) is 0 Å². The van der Waals surface area contributed by atoms with E-state index < -0.39 is 10.0 Å². The molecule has 0 fully saturated rings. The van der Waals surface area contributed by atoms with Gasteiger partial charge in [0, 0.05) is 3.57 Å². The molecule has 0 aliphatic carbocycles. The summed E-state index contributed by atoms with van der Waals surface area (Å²) in [5.41, 5.74) is 1.75. The molecular weight excluding hydrogens is 397 g/mol. The Labute approximate surface area is 140 Å². The Morgan fingerprint density at radius 2 is 1.67 bits per heavy atom. The van der Waals surface area contributed by atoms with Crippen LogP contribution in [0.1, 0.15) is 19.4 Å². The molecule has 0 unspecified atom stereocenters. The first-order chi connectivity index (χ1) is 9.88. The second-order valence-corrected chi connectivity index (χ2v) is 8.17. The molecule has 0 atom stereocenters. The van der Waals surface area contributed by atoms with Crippen molar-refractivity contribution in [3.05, 3.63) is 57.7 Å². The van der Waals surface area contributed by atoms with Crippen molar-refractivity contribution in [1.29, 1.82) is 0 Å². The highest BCUT2D eigenvalue weighted by Gasteiger charge is 2.15. The van der Waals surface area contributed by atoms with Crippen LogP contribution in [-0.4, -0.2) is 8.42 Å². The van der Waals surface area contributed by atoms with Crippen LogP contribution >= 0.6 is 22.6 Å². The SMILES string of the molecule is CC(C)Cc1ccc(S(=O)(=O)Nc2ccccc2I)cc1. The smallest absolute Gasteiger partial charge is 0.261 e. The molecule has 2 aromatic carbocycles. The third kappa shape index (κ3) is 4.44. The molecule has 0 aliphatic rings. The summed E-state index contributed by atoms with van der Waals surface area (Å²) in [7, 11) is -3.54. The van der Waals surface area contributed by atoms with E-state index in [1.54, 1.807) is 18.2 Å². The molecule has 0 aromatic heterocycles. The molecule has 5 heteroatoms. The van der Waals surface area contributed by atoms with Gasteiger partial charge in [0.15, 0.2) is 0 Å². The first-order valence-corrected chi connectivity index (χ1v) is 9.31. The average molecular weight is 415 g/mol. The number of nitrogens with one attached hydrogen (secondary N) is 1. The molecule has 0 aliphatic heterocycles. The first-order valence-electron chi connectivity index (χ1n) is 6.75. The Balaban J connectivity index is 2.22. The van der Waals surface area contributed by atoms with Crippen LogP contribution in [0.2, 0.25) is 0 Å². The van der Waals surface area contributed by atoms with Crippen LogP contribution in [0.3, 0.4) is 0 Å². The van der Waals surface area contributed by atoms with Gasteiger partial charge in [-0.3, -0.25) is 4.72 Å². The summed E-state index contributed by atoms with van der Waals surface area (Å²) in [4.78, 5) is 0.287. The zero-order chi connectivity index (χ0) is 15.5. The number of sulfonamides is 1. The maximum Gasteiger partial charge on any atom is 0.261 e. The standard InChI is InChI=1S/C16H18INO2S/c1-12(2)11-13-7-9-14(10-8-13)21(19,20)18-16-6-4-3-5-15(16)17/h3-10,12,18H,11H2,1-2H3. The van der Waals surface area contributed by atoms with E-state index in [9.17, 15) is 8.42 Å². The van der Waals surface area contributed by atoms with Crippen LogP contribution in [0.25, 0.3) is 0 Å². The lowest BCUT2D eigenvalue weighted by Crippen LogP contribution is -2.13. The average Bonchev–Trinajstić information content (AvgIpc) is 2.41. The predicted molar refractivity (Wildman–Crippen MR) is 95.0 cm³/mol. The zero-order valence-electron chi connectivity index (χ0n) is 12.0. The fourth-order valence-corrected chi connectivity index (χ4v) is 3.81. The van der Waals surface area contributed by atoms with E-state index in [4.69, 9.17) is 0 Å². The van der Waals surface area contributed by atoms with E-state index >= 15 is 0 Å². The molecule has 0 saturated carbocycles. The number of rotatable bonds is 5. The second kappa shape index (κ2) is 6.79. The summed E-state index contributed by atoms with van der Waals surface area (Å²) in [5, 5.41) is 0. The summed E-state index contributed by atoms with van der Waals surface area (Å²) in [6, 6.07) is 14.4. The van der Waals surface area contributed by atoms with E-state index in [1.165, 1.54) is 0 Å². The van der Waals surface area contributed by atoms with E-state index in [-0.39, 0.29) is 4.90 Å². The highest BCUT2D eigenvalue weighted by atomic mass is 127. The molecule has 112 valence electrons. The number of hydrogen-bond acceptors (Lipinski definition) is 2. The van der Waals surface area contributed by atoms with Crippen molar-refractivity contribution in [2.45, 2.75) is 25.2 Å². The monoisotopic (exact) mass is 415 g/mol. The molecule has 0 amide bonds. The van der Waals surface area contributed by atoms with Crippen LogP contribution in [0.5, 0.6) is 0 Å². The van der Waals surface area contributed by atoms with Crippen molar-refractivity contribution >= 4 is 38.3 Å². The van der Waals surface area contributed by atoms with Crippen LogP contribution in [0, 0.1) is 9.49 Å². The first kappa shape index (κ1) is 16.3. The van der Waals surface area contributed by atoms with E-state index in [2.05, 4.69) is 41.2 Å². The van der Waals surface area contributed by atoms with Crippen LogP contribution in [0.4, 0.5) is 5.69 Å². The summed E-state index contributed by atoms with van der Waals surface area (Å²) >= 11 is 2.11. The van der Waals surface area contributed by atoms with Gasteiger partial charge in [-0.2, -0.15) is 0 Å². The summed E-state index contributed by atoms with van der Waals surface area (Å²) in [6.07, 6.45) is 0.949. The zero-order valence-corrected chi connectivity index (χ0v) is 15.0. The van der Waals surface area contributed by atoms with Gasteiger partial charge in [-0.05, 0) is 64.8 Å². The number of hydrogen-bond donors (Lipinski definition) is 1. The van der Waals surface area contributed by atoms with Gasteiger partial charge in [-0.25, -0.2) is 8.42 Å². The molecule has 2 rings (SSSR count). The lowest BCUT2D eigenvalue weighted by Gasteiger charge is -2.10. The molecule has 2 aromatic rings. The summed E-state index contributed by atoms with van der Waals surface area (Å²) < 4.78 is 28.2. The van der Waals surface area contributed by atoms with E-state index in [1.807, 2.05) is 30.3 Å². The minimum absolute atomic E-state index is 0.287. The van der Waals surface area contributed by atoms with Gasteiger partial charge in [0.05, 0.1) is 10.6 Å². The van der Waals surface area contributed by atoms with Crippen LogP contribution < -0.4 is 4.72 Å². The Kier molecular flexibility index (Phi) is 5.27. The fourth-order valence-electron chi connectivity index (χ4n) is 2.02. The van der Waals surface area contributed by atoms with Gasteiger partial charge >= 0.3 is 0 Å². The minimum Gasteiger partial charge on any atom is -0.279 e. The van der Waals surface area contributed by atoms with Gasteiger partial charge in [0.1, 0.15) is 0 Å². The van der Waals surface area contributed by atoms with Crippen molar-refractivity contribution in [3.63, 3.8) is 0 Å².